The van der Waals surface area contributed by atoms with E-state index in [1.54, 1.807) is 17.4 Å². The number of nitrogens with one attached hydrogen (secondary N) is 1. The molecule has 0 aliphatic carbocycles. The van der Waals surface area contributed by atoms with Gasteiger partial charge in [0.25, 0.3) is 0 Å². The van der Waals surface area contributed by atoms with Crippen molar-refractivity contribution in [2.24, 2.45) is 10.7 Å². The van der Waals surface area contributed by atoms with Crippen LogP contribution in [0.5, 0.6) is 5.75 Å². The van der Waals surface area contributed by atoms with Crippen molar-refractivity contribution in [2.75, 3.05) is 31.6 Å². The Morgan fingerprint density at radius 3 is 2.86 bits per heavy atom. The second-order valence-electron chi connectivity index (χ2n) is 6.60. The van der Waals surface area contributed by atoms with Gasteiger partial charge in [0.05, 0.1) is 31.0 Å². The molecular weight excluding hydrogens is 405 g/mol. The molecule has 29 heavy (non-hydrogen) atoms. The number of hydrogen-bond donors (Lipinski definition) is 2. The molecule has 0 saturated carbocycles. The van der Waals surface area contributed by atoms with Gasteiger partial charge in [0.1, 0.15) is 0 Å². The maximum Gasteiger partial charge on any atom is 0.573 e. The first-order chi connectivity index (χ1) is 13.8. The van der Waals surface area contributed by atoms with Gasteiger partial charge in [0.15, 0.2) is 11.7 Å². The van der Waals surface area contributed by atoms with Crippen LogP contribution in [0.15, 0.2) is 46.8 Å². The van der Waals surface area contributed by atoms with E-state index in [2.05, 4.69) is 19.9 Å². The number of nitrogens with zero attached hydrogens (tertiary/aromatic N) is 2. The fraction of sp³-hybridized carbons (Fsp3) is 0.421. The van der Waals surface area contributed by atoms with Crippen molar-refractivity contribution in [1.82, 2.24) is 4.90 Å². The van der Waals surface area contributed by atoms with Gasteiger partial charge in [0.2, 0.25) is 0 Å². The van der Waals surface area contributed by atoms with E-state index < -0.39 is 6.36 Å². The van der Waals surface area contributed by atoms with E-state index in [0.29, 0.717) is 13.2 Å². The summed E-state index contributed by atoms with van der Waals surface area (Å²) in [5, 5.41) is 4.71. The zero-order valence-electron chi connectivity index (χ0n) is 15.9. The average molecular weight is 428 g/mol. The number of anilines is 1. The second-order valence-corrected chi connectivity index (χ2v) is 7.58. The highest BCUT2D eigenvalue weighted by Gasteiger charge is 2.32. The number of halogens is 3. The van der Waals surface area contributed by atoms with Crippen LogP contribution in [0.3, 0.4) is 0 Å². The first-order valence-electron chi connectivity index (χ1n) is 9.12. The minimum absolute atomic E-state index is 0.0170. The number of benzene rings is 1. The number of thiophene rings is 1. The summed E-state index contributed by atoms with van der Waals surface area (Å²) in [5.74, 6) is -0.346. The van der Waals surface area contributed by atoms with Crippen LogP contribution in [-0.2, 0) is 4.74 Å². The average Bonchev–Trinajstić information content (AvgIpc) is 3.17. The Hall–Kier alpha value is -2.30. The maximum atomic E-state index is 12.6. The van der Waals surface area contributed by atoms with Crippen LogP contribution >= 0.6 is 11.3 Å². The smallest absolute Gasteiger partial charge is 0.404 e. The van der Waals surface area contributed by atoms with E-state index in [0.717, 1.165) is 18.0 Å². The highest BCUT2D eigenvalue weighted by Crippen LogP contribution is 2.30. The summed E-state index contributed by atoms with van der Waals surface area (Å²) in [5.41, 5.74) is 6.06. The van der Waals surface area contributed by atoms with Crippen LogP contribution < -0.4 is 15.8 Å². The molecule has 1 saturated heterocycles. The van der Waals surface area contributed by atoms with Crippen LogP contribution in [0, 0.1) is 0 Å². The number of alkyl halides is 3. The van der Waals surface area contributed by atoms with E-state index in [4.69, 9.17) is 10.5 Å². The highest BCUT2D eigenvalue weighted by molar-refractivity contribution is 7.10. The molecule has 1 aliphatic rings. The first kappa shape index (κ1) is 21.4. The summed E-state index contributed by atoms with van der Waals surface area (Å²) in [4.78, 5) is 7.82. The van der Waals surface area contributed by atoms with Crippen molar-refractivity contribution in [2.45, 2.75) is 25.4 Å². The molecule has 3 rings (SSSR count). The van der Waals surface area contributed by atoms with E-state index in [9.17, 15) is 13.2 Å². The molecule has 2 atom stereocenters. The lowest BCUT2D eigenvalue weighted by atomic mass is 10.1. The number of nitrogens with two attached hydrogens (primary N) is 1. The number of morpholine rings is 1. The van der Waals surface area contributed by atoms with Gasteiger partial charge in [-0.25, -0.2) is 0 Å². The standard InChI is InChI=1S/C19H23F3N4O2S/c1-13-12-26(8-9-27-13)15(17-7-4-10-29-17)11-24-18(23)25-14-5-2-3-6-16(14)28-19(20,21)22/h2-7,10,13,15H,8-9,11-12H2,1H3,(H3,23,24,25). The molecule has 6 nitrogen and oxygen atoms in total. The van der Waals surface area contributed by atoms with Crippen molar-refractivity contribution in [3.63, 3.8) is 0 Å². The quantitative estimate of drug-likeness (QED) is 0.540. The second kappa shape index (κ2) is 9.47. The molecular formula is C19H23F3N4O2S. The van der Waals surface area contributed by atoms with E-state index >= 15 is 0 Å². The van der Waals surface area contributed by atoms with Crippen LogP contribution in [0.4, 0.5) is 18.9 Å². The Morgan fingerprint density at radius 1 is 1.38 bits per heavy atom. The summed E-state index contributed by atoms with van der Waals surface area (Å²) in [7, 11) is 0. The molecule has 0 bridgehead atoms. The fourth-order valence-corrected chi connectivity index (χ4v) is 3.99. The summed E-state index contributed by atoms with van der Waals surface area (Å²) >= 11 is 1.63. The van der Waals surface area contributed by atoms with E-state index in [1.807, 2.05) is 24.4 Å². The van der Waals surface area contributed by atoms with Crippen molar-refractivity contribution >= 4 is 23.0 Å². The van der Waals surface area contributed by atoms with Crippen molar-refractivity contribution in [3.05, 3.63) is 46.7 Å². The van der Waals surface area contributed by atoms with Crippen LogP contribution in [0.2, 0.25) is 0 Å². The Morgan fingerprint density at radius 2 is 2.17 bits per heavy atom. The lowest BCUT2D eigenvalue weighted by molar-refractivity contribution is -0.274. The number of aliphatic imine (C=N–C) groups is 1. The molecule has 2 aromatic rings. The molecule has 1 fully saturated rings. The Balaban J connectivity index is 1.72. The molecule has 1 aromatic heterocycles. The summed E-state index contributed by atoms with van der Waals surface area (Å²) in [6.45, 7) is 4.58. The van der Waals surface area contributed by atoms with E-state index in [-0.39, 0.29) is 29.5 Å². The van der Waals surface area contributed by atoms with Gasteiger partial charge in [-0.15, -0.1) is 24.5 Å². The lowest BCUT2D eigenvalue weighted by Gasteiger charge is -2.36. The predicted molar refractivity (Wildman–Crippen MR) is 107 cm³/mol. The number of hydrogen-bond acceptors (Lipinski definition) is 5. The Bertz CT molecular complexity index is 814. The topological polar surface area (TPSA) is 72.1 Å². The predicted octanol–water partition coefficient (Wildman–Crippen LogP) is 3.84. The van der Waals surface area contributed by atoms with Crippen molar-refractivity contribution in [3.8, 4) is 5.75 Å². The van der Waals surface area contributed by atoms with Gasteiger partial charge in [0, 0.05) is 18.0 Å². The molecule has 1 aliphatic heterocycles. The van der Waals surface area contributed by atoms with Gasteiger partial charge in [-0.05, 0) is 30.5 Å². The summed E-state index contributed by atoms with van der Waals surface area (Å²) < 4.78 is 47.4. The largest absolute Gasteiger partial charge is 0.573 e. The van der Waals surface area contributed by atoms with Gasteiger partial charge < -0.3 is 20.5 Å². The van der Waals surface area contributed by atoms with Crippen LogP contribution in [0.1, 0.15) is 17.8 Å². The molecule has 3 N–H and O–H groups in total. The zero-order valence-corrected chi connectivity index (χ0v) is 16.7. The van der Waals surface area contributed by atoms with Crippen molar-refractivity contribution < 1.29 is 22.6 Å². The van der Waals surface area contributed by atoms with Crippen LogP contribution in [-0.4, -0.2) is 49.6 Å². The third-order valence-electron chi connectivity index (χ3n) is 4.39. The zero-order chi connectivity index (χ0) is 20.9. The third kappa shape index (κ3) is 6.34. The molecule has 158 valence electrons. The fourth-order valence-electron chi connectivity index (χ4n) is 3.14. The lowest BCUT2D eigenvalue weighted by Crippen LogP contribution is -2.44. The van der Waals surface area contributed by atoms with E-state index in [1.165, 1.54) is 18.2 Å². The summed E-state index contributed by atoms with van der Waals surface area (Å²) in [6, 6.07) is 9.74. The molecule has 1 aromatic carbocycles. The monoisotopic (exact) mass is 428 g/mol. The molecule has 10 heteroatoms. The molecule has 0 spiro atoms. The van der Waals surface area contributed by atoms with Gasteiger partial charge >= 0.3 is 6.36 Å². The summed E-state index contributed by atoms with van der Waals surface area (Å²) in [6.07, 6.45) is -4.67. The normalized spacial score (nSPS) is 19.7. The SMILES string of the molecule is CC1CN(C(CN=C(N)Nc2ccccc2OC(F)(F)F)c2cccs2)CCO1. The highest BCUT2D eigenvalue weighted by atomic mass is 32.1. The third-order valence-corrected chi connectivity index (χ3v) is 5.37. The maximum absolute atomic E-state index is 12.6. The molecule has 2 unspecified atom stereocenters. The minimum Gasteiger partial charge on any atom is -0.404 e. The van der Waals surface area contributed by atoms with Gasteiger partial charge in [-0.1, -0.05) is 18.2 Å². The van der Waals surface area contributed by atoms with Gasteiger partial charge in [-0.2, -0.15) is 0 Å². The number of rotatable bonds is 6. The molecule has 0 radical (unpaired) electrons. The van der Waals surface area contributed by atoms with Gasteiger partial charge in [-0.3, -0.25) is 9.89 Å². The first-order valence-corrected chi connectivity index (χ1v) is 10.0. The van der Waals surface area contributed by atoms with Crippen LogP contribution in [0.25, 0.3) is 0 Å². The Kier molecular flexibility index (Phi) is 6.99. The molecule has 0 amide bonds. The number of guanidine groups is 1. The number of ether oxygens (including phenoxy) is 2. The molecule has 2 heterocycles. The number of para-hydroxylation sites is 2. The Labute approximate surface area is 171 Å². The minimum atomic E-state index is -4.79. The van der Waals surface area contributed by atoms with Crippen molar-refractivity contribution in [1.29, 1.82) is 0 Å².